The second kappa shape index (κ2) is 7.71. The van der Waals surface area contributed by atoms with Crippen molar-refractivity contribution in [2.45, 2.75) is 25.8 Å². The van der Waals surface area contributed by atoms with E-state index in [2.05, 4.69) is 73.9 Å². The van der Waals surface area contributed by atoms with E-state index in [0.29, 0.717) is 6.04 Å². The molecule has 0 radical (unpaired) electrons. The first kappa shape index (κ1) is 15.4. The van der Waals surface area contributed by atoms with Crippen LogP contribution in [0.4, 0.5) is 0 Å². The van der Waals surface area contributed by atoms with Gasteiger partial charge in [-0.15, -0.1) is 11.3 Å². The first-order chi connectivity index (χ1) is 9.20. The molecule has 2 nitrogen and oxygen atoms in total. The van der Waals surface area contributed by atoms with E-state index in [-0.39, 0.29) is 0 Å². The Balaban J connectivity index is 2.23. The van der Waals surface area contributed by atoms with Crippen molar-refractivity contribution in [2.75, 3.05) is 6.54 Å². The van der Waals surface area contributed by atoms with Gasteiger partial charge in [0.15, 0.2) is 0 Å². The maximum atomic E-state index is 4.17. The average molecular weight is 451 g/mol. The quantitative estimate of drug-likeness (QED) is 0.639. The van der Waals surface area contributed by atoms with Gasteiger partial charge >= 0.3 is 0 Å². The van der Waals surface area contributed by atoms with E-state index in [1.807, 2.05) is 11.7 Å². The number of nitrogens with zero attached hydrogens (tertiary/aromatic N) is 1. The van der Waals surface area contributed by atoms with E-state index in [0.717, 1.165) is 19.4 Å². The number of nitrogens with one attached hydrogen (secondary N) is 1. The van der Waals surface area contributed by atoms with Crippen molar-refractivity contribution in [3.05, 3.63) is 48.4 Å². The summed E-state index contributed by atoms with van der Waals surface area (Å²) in [7, 11) is 0. The zero-order chi connectivity index (χ0) is 13.7. The first-order valence-corrected chi connectivity index (χ1v) is 9.01. The fraction of sp³-hybridized carbons (Fsp3) is 0.357. The summed E-state index contributed by atoms with van der Waals surface area (Å²) in [5, 5.41) is 3.64. The minimum absolute atomic E-state index is 0.337. The van der Waals surface area contributed by atoms with Gasteiger partial charge in [-0.25, -0.2) is 0 Å². The maximum Gasteiger partial charge on any atom is 0.0794 e. The average Bonchev–Trinajstić information content (AvgIpc) is 2.90. The first-order valence-electron chi connectivity index (χ1n) is 6.26. The van der Waals surface area contributed by atoms with Crippen molar-refractivity contribution in [3.8, 4) is 0 Å². The number of hydrogen-bond donors (Lipinski definition) is 1. The van der Waals surface area contributed by atoms with Gasteiger partial charge in [0, 0.05) is 31.6 Å². The zero-order valence-corrected chi connectivity index (χ0v) is 15.3. The highest BCUT2D eigenvalue weighted by molar-refractivity contribution is 14.1. The third-order valence-corrected chi connectivity index (χ3v) is 5.06. The molecule has 0 bridgehead atoms. The monoisotopic (exact) mass is 450 g/mol. The number of aromatic nitrogens is 1. The van der Waals surface area contributed by atoms with E-state index >= 15 is 0 Å². The second-order valence-electron chi connectivity index (χ2n) is 4.34. The van der Waals surface area contributed by atoms with Crippen LogP contribution >= 0.6 is 49.9 Å². The number of benzene rings is 1. The third-order valence-electron chi connectivity index (χ3n) is 2.86. The molecule has 0 amide bonds. The van der Waals surface area contributed by atoms with Crippen LogP contribution in [0.1, 0.15) is 29.8 Å². The van der Waals surface area contributed by atoms with Gasteiger partial charge in [-0.1, -0.05) is 22.9 Å². The van der Waals surface area contributed by atoms with Crippen molar-refractivity contribution in [3.63, 3.8) is 0 Å². The summed E-state index contributed by atoms with van der Waals surface area (Å²) in [4.78, 5) is 5.49. The van der Waals surface area contributed by atoms with Crippen LogP contribution in [0.2, 0.25) is 0 Å². The number of rotatable bonds is 6. The summed E-state index contributed by atoms with van der Waals surface area (Å²) in [6.45, 7) is 3.22. The summed E-state index contributed by atoms with van der Waals surface area (Å²) in [6, 6.07) is 6.84. The van der Waals surface area contributed by atoms with Crippen LogP contribution in [-0.2, 0) is 6.42 Å². The van der Waals surface area contributed by atoms with Crippen LogP contribution in [0.3, 0.4) is 0 Å². The summed E-state index contributed by atoms with van der Waals surface area (Å²) in [6.07, 6.45) is 4.09. The molecule has 0 fully saturated rings. The molecule has 0 aliphatic carbocycles. The molecule has 0 aliphatic heterocycles. The van der Waals surface area contributed by atoms with Crippen molar-refractivity contribution in [1.82, 2.24) is 10.3 Å². The molecule has 1 aromatic carbocycles. The van der Waals surface area contributed by atoms with E-state index in [1.165, 1.54) is 18.5 Å². The molecule has 1 aromatic heterocycles. The normalized spacial score (nSPS) is 12.6. The number of thiazole rings is 1. The van der Waals surface area contributed by atoms with Crippen molar-refractivity contribution in [2.24, 2.45) is 0 Å². The molecule has 1 atom stereocenters. The molecule has 0 saturated carbocycles. The molecule has 19 heavy (non-hydrogen) atoms. The summed E-state index contributed by atoms with van der Waals surface area (Å²) < 4.78 is 2.44. The van der Waals surface area contributed by atoms with Crippen LogP contribution in [0.25, 0.3) is 0 Å². The summed E-state index contributed by atoms with van der Waals surface area (Å²) in [5.41, 5.74) is 3.23. The lowest BCUT2D eigenvalue weighted by Gasteiger charge is -2.20. The van der Waals surface area contributed by atoms with Gasteiger partial charge < -0.3 is 5.32 Å². The molecule has 0 spiro atoms. The van der Waals surface area contributed by atoms with E-state index < -0.39 is 0 Å². The molecule has 1 heterocycles. The highest BCUT2D eigenvalue weighted by atomic mass is 127. The van der Waals surface area contributed by atoms with Gasteiger partial charge in [0.05, 0.1) is 5.51 Å². The minimum Gasteiger partial charge on any atom is -0.310 e. The third kappa shape index (κ3) is 4.51. The van der Waals surface area contributed by atoms with Crippen LogP contribution in [0.5, 0.6) is 0 Å². The van der Waals surface area contributed by atoms with E-state index in [4.69, 9.17) is 0 Å². The smallest absolute Gasteiger partial charge is 0.0794 e. The van der Waals surface area contributed by atoms with E-state index in [1.54, 1.807) is 11.3 Å². The number of halogens is 2. The topological polar surface area (TPSA) is 24.9 Å². The van der Waals surface area contributed by atoms with Gasteiger partial charge in [-0.2, -0.15) is 0 Å². The minimum atomic E-state index is 0.337. The fourth-order valence-electron chi connectivity index (χ4n) is 1.94. The van der Waals surface area contributed by atoms with Gasteiger partial charge in [-0.05, 0) is 59.3 Å². The standard InChI is InChI=1S/C14H16BrIN2S/c1-2-5-18-14(7-11-8-17-9-19-11)12-6-10(16)3-4-13(12)15/h3-4,6,8-9,14,18H,2,5,7H2,1H3. The summed E-state index contributed by atoms with van der Waals surface area (Å²) >= 11 is 7.76. The summed E-state index contributed by atoms with van der Waals surface area (Å²) in [5.74, 6) is 0. The Morgan fingerprint density at radius 3 is 3.00 bits per heavy atom. The van der Waals surface area contributed by atoms with Gasteiger partial charge in [-0.3, -0.25) is 4.98 Å². The highest BCUT2D eigenvalue weighted by Crippen LogP contribution is 2.28. The molecule has 1 unspecified atom stereocenters. The lowest BCUT2D eigenvalue weighted by atomic mass is 10.0. The molecular weight excluding hydrogens is 435 g/mol. The molecule has 0 saturated heterocycles. The fourth-order valence-corrected chi connectivity index (χ4v) is 3.62. The van der Waals surface area contributed by atoms with Gasteiger partial charge in [0.1, 0.15) is 0 Å². The Morgan fingerprint density at radius 2 is 2.32 bits per heavy atom. The maximum absolute atomic E-state index is 4.17. The Labute approximate surface area is 140 Å². The van der Waals surface area contributed by atoms with Crippen LogP contribution in [0.15, 0.2) is 34.4 Å². The molecule has 5 heteroatoms. The van der Waals surface area contributed by atoms with E-state index in [9.17, 15) is 0 Å². The highest BCUT2D eigenvalue weighted by Gasteiger charge is 2.15. The molecule has 2 aromatic rings. The Bertz CT molecular complexity index is 516. The Morgan fingerprint density at radius 1 is 1.47 bits per heavy atom. The molecular formula is C14H16BrIN2S. The van der Waals surface area contributed by atoms with Gasteiger partial charge in [0.2, 0.25) is 0 Å². The van der Waals surface area contributed by atoms with Crippen LogP contribution < -0.4 is 5.32 Å². The second-order valence-corrected chi connectivity index (χ2v) is 7.42. The molecule has 2 rings (SSSR count). The number of hydrogen-bond acceptors (Lipinski definition) is 3. The Hall–Kier alpha value is 0.0200. The Kier molecular flexibility index (Phi) is 6.25. The predicted octanol–water partition coefficient (Wildman–Crippen LogP) is 4.79. The van der Waals surface area contributed by atoms with Crippen molar-refractivity contribution >= 4 is 49.9 Å². The SMILES string of the molecule is CCCNC(Cc1cncs1)c1cc(I)ccc1Br. The predicted molar refractivity (Wildman–Crippen MR) is 93.7 cm³/mol. The van der Waals surface area contributed by atoms with Gasteiger partial charge in [0.25, 0.3) is 0 Å². The van der Waals surface area contributed by atoms with Crippen molar-refractivity contribution < 1.29 is 0 Å². The molecule has 0 aliphatic rings. The zero-order valence-electron chi connectivity index (χ0n) is 10.7. The van der Waals surface area contributed by atoms with Crippen LogP contribution in [-0.4, -0.2) is 11.5 Å². The molecule has 1 N–H and O–H groups in total. The lowest BCUT2D eigenvalue weighted by Crippen LogP contribution is -2.24. The largest absolute Gasteiger partial charge is 0.310 e. The molecule has 102 valence electrons. The van der Waals surface area contributed by atoms with Crippen molar-refractivity contribution in [1.29, 1.82) is 0 Å². The van der Waals surface area contributed by atoms with Crippen LogP contribution in [0, 0.1) is 3.57 Å². The lowest BCUT2D eigenvalue weighted by molar-refractivity contribution is 0.530.